The fourth-order valence-corrected chi connectivity index (χ4v) is 1.33. The topological polar surface area (TPSA) is 110 Å². The first-order chi connectivity index (χ1) is 8.51. The summed E-state index contributed by atoms with van der Waals surface area (Å²) < 4.78 is 4.49. The van der Waals surface area contributed by atoms with E-state index < -0.39 is 10.9 Å². The lowest BCUT2D eigenvalue weighted by Crippen LogP contribution is -2.28. The van der Waals surface area contributed by atoms with Gasteiger partial charge in [-0.1, -0.05) is 0 Å². The zero-order chi connectivity index (χ0) is 13.7. The highest BCUT2D eigenvalue weighted by molar-refractivity contribution is 5.78. The summed E-state index contributed by atoms with van der Waals surface area (Å²) in [7, 11) is 4.26. The van der Waals surface area contributed by atoms with Gasteiger partial charge >= 0.3 is 11.7 Å². The molecule has 1 rings (SSSR count). The van der Waals surface area contributed by atoms with E-state index in [1.807, 2.05) is 0 Å². The number of carbonyl (C=O) groups is 1. The molecule has 0 aliphatic carbocycles. The first-order valence-corrected chi connectivity index (χ1v) is 4.96. The third-order valence-electron chi connectivity index (χ3n) is 2.18. The molecule has 0 bridgehead atoms. The maximum Gasteiger partial charge on any atom is 0.353 e. The molecule has 9 heteroatoms. The van der Waals surface area contributed by atoms with Gasteiger partial charge in [0, 0.05) is 14.1 Å². The molecule has 0 amide bonds. The Labute approximate surface area is 103 Å². The summed E-state index contributed by atoms with van der Waals surface area (Å²) in [6.45, 7) is -0.141. The molecule has 0 fully saturated rings. The van der Waals surface area contributed by atoms with Crippen LogP contribution in [0.25, 0.3) is 0 Å². The Balaban J connectivity index is 3.15. The summed E-state index contributed by atoms with van der Waals surface area (Å²) >= 11 is 0. The number of ether oxygens (including phenoxy) is 1. The number of hydrogen-bond donors (Lipinski definition) is 1. The molecule has 0 aromatic carbocycles. The van der Waals surface area contributed by atoms with E-state index >= 15 is 0 Å². The van der Waals surface area contributed by atoms with Crippen molar-refractivity contribution in [1.29, 1.82) is 0 Å². The van der Waals surface area contributed by atoms with E-state index in [0.29, 0.717) is 0 Å². The Hall–Kier alpha value is -2.45. The Morgan fingerprint density at radius 1 is 1.61 bits per heavy atom. The molecule has 98 valence electrons. The molecule has 0 aliphatic heterocycles. The van der Waals surface area contributed by atoms with Crippen molar-refractivity contribution in [2.75, 3.05) is 38.0 Å². The number of aromatic nitrogens is 2. The van der Waals surface area contributed by atoms with Crippen LogP contribution in [-0.4, -0.2) is 48.6 Å². The standard InChI is InChI=1S/C9H13N5O4/c1-10-8-7(14(16)17)9(12-5-11-8)13(2)4-6(15)18-3/h5H,4H2,1-3H3,(H,10,11,12). The van der Waals surface area contributed by atoms with E-state index in [1.165, 1.54) is 32.4 Å². The molecular formula is C9H13N5O4. The van der Waals surface area contributed by atoms with Gasteiger partial charge in [0.05, 0.1) is 12.0 Å². The second-order valence-corrected chi connectivity index (χ2v) is 3.33. The van der Waals surface area contributed by atoms with Crippen LogP contribution in [0.1, 0.15) is 0 Å². The summed E-state index contributed by atoms with van der Waals surface area (Å²) in [5, 5.41) is 13.6. The minimum atomic E-state index is -0.602. The molecule has 0 spiro atoms. The van der Waals surface area contributed by atoms with Gasteiger partial charge in [-0.15, -0.1) is 0 Å². The molecule has 1 aromatic rings. The van der Waals surface area contributed by atoms with Gasteiger partial charge in [-0.2, -0.15) is 0 Å². The van der Waals surface area contributed by atoms with Crippen molar-refractivity contribution < 1.29 is 14.5 Å². The molecule has 1 heterocycles. The first kappa shape index (κ1) is 13.6. The number of anilines is 2. The number of nitrogens with one attached hydrogen (secondary N) is 1. The summed E-state index contributed by atoms with van der Waals surface area (Å²) in [6.07, 6.45) is 1.18. The van der Waals surface area contributed by atoms with E-state index in [2.05, 4.69) is 20.0 Å². The van der Waals surface area contributed by atoms with Gasteiger partial charge < -0.3 is 15.0 Å². The third kappa shape index (κ3) is 2.81. The molecule has 1 N–H and O–H groups in total. The van der Waals surface area contributed by atoms with Crippen LogP contribution in [-0.2, 0) is 9.53 Å². The lowest BCUT2D eigenvalue weighted by Gasteiger charge is -2.16. The second kappa shape index (κ2) is 5.75. The predicted molar refractivity (Wildman–Crippen MR) is 63.5 cm³/mol. The maximum absolute atomic E-state index is 11.1. The Bertz CT molecular complexity index is 464. The molecule has 0 radical (unpaired) electrons. The van der Waals surface area contributed by atoms with Gasteiger partial charge in [-0.05, 0) is 0 Å². The van der Waals surface area contributed by atoms with Gasteiger partial charge in [-0.3, -0.25) is 14.9 Å². The van der Waals surface area contributed by atoms with Crippen molar-refractivity contribution in [3.05, 3.63) is 16.4 Å². The highest BCUT2D eigenvalue weighted by atomic mass is 16.6. The second-order valence-electron chi connectivity index (χ2n) is 3.33. The monoisotopic (exact) mass is 255 g/mol. The number of rotatable bonds is 5. The predicted octanol–water partition coefficient (Wildman–Crippen LogP) is 0.0357. The van der Waals surface area contributed by atoms with E-state index in [1.54, 1.807) is 0 Å². The number of esters is 1. The van der Waals surface area contributed by atoms with Crippen molar-refractivity contribution in [2.24, 2.45) is 0 Å². The highest BCUT2D eigenvalue weighted by Gasteiger charge is 2.25. The van der Waals surface area contributed by atoms with Crippen LogP contribution in [0.4, 0.5) is 17.3 Å². The van der Waals surface area contributed by atoms with Crippen molar-refractivity contribution in [2.45, 2.75) is 0 Å². The normalized spacial score (nSPS) is 9.72. The molecular weight excluding hydrogens is 242 g/mol. The molecule has 18 heavy (non-hydrogen) atoms. The van der Waals surface area contributed by atoms with Gasteiger partial charge in [0.15, 0.2) is 0 Å². The van der Waals surface area contributed by atoms with E-state index in [0.717, 1.165) is 0 Å². The fourth-order valence-electron chi connectivity index (χ4n) is 1.33. The minimum Gasteiger partial charge on any atom is -0.468 e. The third-order valence-corrected chi connectivity index (χ3v) is 2.18. The number of hydrogen-bond acceptors (Lipinski definition) is 8. The smallest absolute Gasteiger partial charge is 0.353 e. The van der Waals surface area contributed by atoms with Crippen LogP contribution in [0, 0.1) is 10.1 Å². The molecule has 0 saturated carbocycles. The molecule has 0 unspecified atom stereocenters. The maximum atomic E-state index is 11.1. The average Bonchev–Trinajstić information content (AvgIpc) is 2.37. The lowest BCUT2D eigenvalue weighted by atomic mass is 10.4. The van der Waals surface area contributed by atoms with Crippen LogP contribution >= 0.6 is 0 Å². The van der Waals surface area contributed by atoms with Gasteiger partial charge in [-0.25, -0.2) is 9.97 Å². The molecule has 0 atom stereocenters. The molecule has 9 nitrogen and oxygen atoms in total. The number of carbonyl (C=O) groups excluding carboxylic acids is 1. The Morgan fingerprint density at radius 3 is 2.78 bits per heavy atom. The number of likely N-dealkylation sites (N-methyl/N-ethyl adjacent to an activating group) is 1. The molecule has 1 aromatic heterocycles. The van der Waals surface area contributed by atoms with Crippen LogP contribution < -0.4 is 10.2 Å². The highest BCUT2D eigenvalue weighted by Crippen LogP contribution is 2.30. The minimum absolute atomic E-state index is 0.0461. The summed E-state index contributed by atoms with van der Waals surface area (Å²) in [4.78, 5) is 30.4. The Kier molecular flexibility index (Phi) is 4.35. The fraction of sp³-hybridized carbons (Fsp3) is 0.444. The lowest BCUT2D eigenvalue weighted by molar-refractivity contribution is -0.383. The van der Waals surface area contributed by atoms with Crippen LogP contribution in [0.3, 0.4) is 0 Å². The number of methoxy groups -OCH3 is 1. The van der Waals surface area contributed by atoms with Crippen molar-refractivity contribution in [3.63, 3.8) is 0 Å². The van der Waals surface area contributed by atoms with Crippen molar-refractivity contribution in [3.8, 4) is 0 Å². The van der Waals surface area contributed by atoms with E-state index in [-0.39, 0.29) is 23.9 Å². The summed E-state index contributed by atoms with van der Waals surface area (Å²) in [5.41, 5.74) is -0.286. The molecule has 0 saturated heterocycles. The zero-order valence-corrected chi connectivity index (χ0v) is 10.2. The van der Waals surface area contributed by atoms with Crippen molar-refractivity contribution in [1.82, 2.24) is 9.97 Å². The quantitative estimate of drug-likeness (QED) is 0.446. The SMILES string of the molecule is CNc1ncnc(N(C)CC(=O)OC)c1[N+](=O)[O-]. The van der Waals surface area contributed by atoms with Crippen LogP contribution in [0.5, 0.6) is 0 Å². The summed E-state index contributed by atoms with van der Waals surface area (Å²) in [6, 6.07) is 0. The molecule has 0 aliphatic rings. The largest absolute Gasteiger partial charge is 0.468 e. The Morgan fingerprint density at radius 2 is 2.28 bits per heavy atom. The van der Waals surface area contributed by atoms with Crippen LogP contribution in [0.15, 0.2) is 6.33 Å². The van der Waals surface area contributed by atoms with E-state index in [9.17, 15) is 14.9 Å². The average molecular weight is 255 g/mol. The van der Waals surface area contributed by atoms with Gasteiger partial charge in [0.1, 0.15) is 12.9 Å². The summed E-state index contributed by atoms with van der Waals surface area (Å²) in [5.74, 6) is -0.386. The van der Waals surface area contributed by atoms with Gasteiger partial charge in [0.25, 0.3) is 0 Å². The number of nitrogens with zero attached hydrogens (tertiary/aromatic N) is 4. The number of nitro groups is 1. The van der Waals surface area contributed by atoms with Gasteiger partial charge in [0.2, 0.25) is 11.6 Å². The van der Waals surface area contributed by atoms with Crippen LogP contribution in [0.2, 0.25) is 0 Å². The first-order valence-electron chi connectivity index (χ1n) is 4.96. The van der Waals surface area contributed by atoms with Crippen molar-refractivity contribution >= 4 is 23.3 Å². The zero-order valence-electron chi connectivity index (χ0n) is 10.2. The van der Waals surface area contributed by atoms with E-state index in [4.69, 9.17) is 0 Å².